The summed E-state index contributed by atoms with van der Waals surface area (Å²) in [7, 11) is 1.74. The van der Waals surface area contributed by atoms with Gasteiger partial charge in [0.05, 0.1) is 4.88 Å². The maximum Gasteiger partial charge on any atom is 0.262 e. The predicted octanol–water partition coefficient (Wildman–Crippen LogP) is 3.48. The van der Waals surface area contributed by atoms with Gasteiger partial charge in [-0.1, -0.05) is 42.5 Å². The van der Waals surface area contributed by atoms with E-state index in [0.717, 1.165) is 11.1 Å². The number of benzene rings is 2. The zero-order valence-corrected chi connectivity index (χ0v) is 17.4. The second-order valence-corrected chi connectivity index (χ2v) is 8.02. The quantitative estimate of drug-likeness (QED) is 0.633. The van der Waals surface area contributed by atoms with Crippen LogP contribution in [0.15, 0.2) is 66.0 Å². The molecule has 30 heavy (non-hydrogen) atoms. The van der Waals surface area contributed by atoms with Crippen molar-refractivity contribution in [3.63, 3.8) is 0 Å². The van der Waals surface area contributed by atoms with Crippen molar-refractivity contribution >= 4 is 23.2 Å². The highest BCUT2D eigenvalue weighted by molar-refractivity contribution is 7.12. The van der Waals surface area contributed by atoms with Crippen molar-refractivity contribution in [2.24, 2.45) is 0 Å². The fourth-order valence-electron chi connectivity index (χ4n) is 3.34. The summed E-state index contributed by atoms with van der Waals surface area (Å²) in [5, 5.41) is 4.75. The van der Waals surface area contributed by atoms with Crippen molar-refractivity contribution in [3.05, 3.63) is 82.0 Å². The monoisotopic (exact) mass is 422 g/mol. The number of carbonyl (C=O) groups excluding carboxylic acids is 2. The number of thiophene rings is 1. The molecule has 1 aliphatic rings. The summed E-state index contributed by atoms with van der Waals surface area (Å²) in [6, 6.07) is 18.2. The number of fused-ring (bicyclic) bond motifs is 1. The van der Waals surface area contributed by atoms with Crippen LogP contribution in [0.4, 0.5) is 0 Å². The zero-order chi connectivity index (χ0) is 20.9. The van der Waals surface area contributed by atoms with E-state index >= 15 is 0 Å². The summed E-state index contributed by atoms with van der Waals surface area (Å²) >= 11 is 1.35. The Morgan fingerprint density at radius 1 is 1.03 bits per heavy atom. The molecule has 2 amide bonds. The van der Waals surface area contributed by atoms with Gasteiger partial charge in [-0.05, 0) is 34.7 Å². The Kier molecular flexibility index (Phi) is 5.99. The second-order valence-electron chi connectivity index (χ2n) is 7.07. The highest BCUT2D eigenvalue weighted by Gasteiger charge is 2.26. The fraction of sp³-hybridized carbons (Fsp3) is 0.217. The first-order chi connectivity index (χ1) is 14.6. The van der Waals surface area contributed by atoms with Gasteiger partial charge in [0, 0.05) is 20.0 Å². The molecular formula is C23H22N2O4S. The molecule has 2 aromatic carbocycles. The van der Waals surface area contributed by atoms with E-state index in [2.05, 4.69) is 5.32 Å². The van der Waals surface area contributed by atoms with E-state index in [-0.39, 0.29) is 18.6 Å². The highest BCUT2D eigenvalue weighted by atomic mass is 32.1. The first kappa shape index (κ1) is 20.0. The van der Waals surface area contributed by atoms with Gasteiger partial charge in [0.1, 0.15) is 6.04 Å². The van der Waals surface area contributed by atoms with Gasteiger partial charge in [-0.25, -0.2) is 0 Å². The Bertz CT molecular complexity index is 1020. The van der Waals surface area contributed by atoms with Crippen LogP contribution >= 0.6 is 11.3 Å². The molecule has 0 bridgehead atoms. The van der Waals surface area contributed by atoms with Gasteiger partial charge in [-0.3, -0.25) is 9.59 Å². The van der Waals surface area contributed by atoms with E-state index in [9.17, 15) is 9.59 Å². The summed E-state index contributed by atoms with van der Waals surface area (Å²) in [6.07, 6.45) is 0.419. The molecule has 1 aliphatic heterocycles. The highest BCUT2D eigenvalue weighted by Crippen LogP contribution is 2.32. The molecule has 3 aromatic rings. The smallest absolute Gasteiger partial charge is 0.262 e. The lowest BCUT2D eigenvalue weighted by molar-refractivity contribution is -0.132. The van der Waals surface area contributed by atoms with Crippen molar-refractivity contribution in [2.45, 2.75) is 19.0 Å². The molecule has 0 fully saturated rings. The number of ether oxygens (including phenoxy) is 2. The number of hydrogen-bond acceptors (Lipinski definition) is 5. The number of rotatable bonds is 7. The van der Waals surface area contributed by atoms with E-state index < -0.39 is 6.04 Å². The summed E-state index contributed by atoms with van der Waals surface area (Å²) < 4.78 is 10.8. The summed E-state index contributed by atoms with van der Waals surface area (Å²) in [4.78, 5) is 28.1. The molecule has 0 saturated heterocycles. The second kappa shape index (κ2) is 9.00. The van der Waals surface area contributed by atoms with Crippen LogP contribution in [0.3, 0.4) is 0 Å². The molecule has 4 rings (SSSR count). The van der Waals surface area contributed by atoms with Crippen molar-refractivity contribution in [2.75, 3.05) is 13.8 Å². The molecule has 0 radical (unpaired) electrons. The Morgan fingerprint density at radius 3 is 2.60 bits per heavy atom. The SMILES string of the molecule is CN(Cc1ccc2c(c1)OCO2)C(=O)[C@H](Cc1ccccc1)NC(=O)c1cccs1. The van der Waals surface area contributed by atoms with Crippen LogP contribution in [0.5, 0.6) is 11.5 Å². The van der Waals surface area contributed by atoms with Crippen molar-refractivity contribution in [1.29, 1.82) is 0 Å². The standard InChI is InChI=1S/C23H22N2O4S/c1-25(14-17-9-10-19-20(13-17)29-15-28-19)23(27)18(12-16-6-3-2-4-7-16)24-22(26)21-8-5-11-30-21/h2-11,13,18H,12,14-15H2,1H3,(H,24,26)/t18-/m0/s1. The Hall–Kier alpha value is -3.32. The molecular weight excluding hydrogens is 400 g/mol. The lowest BCUT2D eigenvalue weighted by Gasteiger charge is -2.25. The minimum absolute atomic E-state index is 0.151. The van der Waals surface area contributed by atoms with Crippen LogP contribution in [0, 0.1) is 0 Å². The fourth-order valence-corrected chi connectivity index (χ4v) is 3.97. The number of hydrogen-bond donors (Lipinski definition) is 1. The minimum atomic E-state index is -0.666. The molecule has 6 nitrogen and oxygen atoms in total. The predicted molar refractivity (Wildman–Crippen MR) is 115 cm³/mol. The number of nitrogens with zero attached hydrogens (tertiary/aromatic N) is 1. The number of nitrogens with one attached hydrogen (secondary N) is 1. The maximum atomic E-state index is 13.2. The maximum absolute atomic E-state index is 13.2. The molecule has 0 saturated carbocycles. The summed E-state index contributed by atoms with van der Waals surface area (Å²) in [5.41, 5.74) is 1.91. The lowest BCUT2D eigenvalue weighted by atomic mass is 10.0. The summed E-state index contributed by atoms with van der Waals surface area (Å²) in [5.74, 6) is 0.996. The number of likely N-dealkylation sites (N-methyl/N-ethyl adjacent to an activating group) is 1. The van der Waals surface area contributed by atoms with Crippen molar-refractivity contribution in [1.82, 2.24) is 10.2 Å². The van der Waals surface area contributed by atoms with E-state index in [4.69, 9.17) is 9.47 Å². The normalized spacial score (nSPS) is 13.0. The molecule has 1 aromatic heterocycles. The average Bonchev–Trinajstić information content (AvgIpc) is 3.45. The molecule has 0 unspecified atom stereocenters. The molecule has 0 spiro atoms. The Balaban J connectivity index is 1.49. The third-order valence-corrected chi connectivity index (χ3v) is 5.73. The first-order valence-corrected chi connectivity index (χ1v) is 10.5. The molecule has 1 atom stereocenters. The van der Waals surface area contributed by atoms with Crippen LogP contribution in [0.2, 0.25) is 0 Å². The molecule has 2 heterocycles. The molecule has 1 N–H and O–H groups in total. The van der Waals surface area contributed by atoms with Crippen LogP contribution in [-0.4, -0.2) is 36.6 Å². The van der Waals surface area contributed by atoms with Crippen LogP contribution in [0.1, 0.15) is 20.8 Å². The Labute approximate surface area is 179 Å². The number of amides is 2. The summed E-state index contributed by atoms with van der Waals surface area (Å²) in [6.45, 7) is 0.608. The van der Waals surface area contributed by atoms with Crippen LogP contribution in [0.25, 0.3) is 0 Å². The third kappa shape index (κ3) is 4.63. The molecule has 7 heteroatoms. The molecule has 0 aliphatic carbocycles. The topological polar surface area (TPSA) is 67.9 Å². The molecule has 154 valence electrons. The largest absolute Gasteiger partial charge is 0.454 e. The Morgan fingerprint density at radius 2 is 1.83 bits per heavy atom. The first-order valence-electron chi connectivity index (χ1n) is 9.62. The van der Waals surface area contributed by atoms with Gasteiger partial charge in [0.15, 0.2) is 11.5 Å². The van der Waals surface area contributed by atoms with E-state index in [1.807, 2.05) is 60.0 Å². The van der Waals surface area contributed by atoms with Crippen molar-refractivity contribution in [3.8, 4) is 11.5 Å². The van der Waals surface area contributed by atoms with Gasteiger partial charge in [-0.15, -0.1) is 11.3 Å². The van der Waals surface area contributed by atoms with Gasteiger partial charge in [-0.2, -0.15) is 0 Å². The minimum Gasteiger partial charge on any atom is -0.454 e. The zero-order valence-electron chi connectivity index (χ0n) is 16.5. The van der Waals surface area contributed by atoms with E-state index in [0.29, 0.717) is 29.3 Å². The van der Waals surface area contributed by atoms with Gasteiger partial charge in [0.25, 0.3) is 5.91 Å². The van der Waals surface area contributed by atoms with Crippen LogP contribution in [-0.2, 0) is 17.8 Å². The van der Waals surface area contributed by atoms with Crippen molar-refractivity contribution < 1.29 is 19.1 Å². The third-order valence-electron chi connectivity index (χ3n) is 4.86. The number of carbonyl (C=O) groups is 2. The van der Waals surface area contributed by atoms with Gasteiger partial charge < -0.3 is 19.7 Å². The van der Waals surface area contributed by atoms with Gasteiger partial charge in [0.2, 0.25) is 12.7 Å². The average molecular weight is 423 g/mol. The van der Waals surface area contributed by atoms with Gasteiger partial charge >= 0.3 is 0 Å². The van der Waals surface area contributed by atoms with E-state index in [1.165, 1.54) is 11.3 Å². The lowest BCUT2D eigenvalue weighted by Crippen LogP contribution is -2.48. The van der Waals surface area contributed by atoms with Crippen LogP contribution < -0.4 is 14.8 Å². The van der Waals surface area contributed by atoms with E-state index in [1.54, 1.807) is 18.0 Å².